The molecule has 6 nitrogen and oxygen atoms in total. The average Bonchev–Trinajstić information content (AvgIpc) is 3.19. The minimum Gasteiger partial charge on any atom is -0.378 e. The molecule has 2 fully saturated rings. The molecule has 1 spiro atoms. The van der Waals surface area contributed by atoms with Gasteiger partial charge in [-0.25, -0.2) is 4.68 Å². The van der Waals surface area contributed by atoms with E-state index in [4.69, 9.17) is 4.74 Å². The van der Waals surface area contributed by atoms with Crippen molar-refractivity contribution < 1.29 is 4.74 Å². The standard InChI is InChI=1S/C22H31N5O.HI/c1-4-28-20-15-19(22(20)10-6-11-22)26-21(23-3)25-16(2)17-8-5-9-18(14-17)27-13-7-12-24-27;/h5,7-9,12-14,16,19-20H,4,6,10-11,15H2,1-3H3,(H2,23,25,26);1H. The van der Waals surface area contributed by atoms with E-state index in [0.29, 0.717) is 17.6 Å². The number of hydrogen-bond acceptors (Lipinski definition) is 3. The number of aliphatic imine (C=N–C) groups is 1. The highest BCUT2D eigenvalue weighted by Crippen LogP contribution is 2.57. The molecule has 0 saturated heterocycles. The fourth-order valence-electron chi connectivity index (χ4n) is 4.62. The Kier molecular flexibility index (Phi) is 7.21. The number of guanidine groups is 1. The molecule has 7 heteroatoms. The van der Waals surface area contributed by atoms with Crippen LogP contribution >= 0.6 is 24.0 Å². The van der Waals surface area contributed by atoms with Crippen LogP contribution in [0.15, 0.2) is 47.7 Å². The molecule has 29 heavy (non-hydrogen) atoms. The molecule has 4 rings (SSSR count). The summed E-state index contributed by atoms with van der Waals surface area (Å²) in [6, 6.07) is 11.0. The van der Waals surface area contributed by atoms with Crippen LogP contribution in [0.25, 0.3) is 5.69 Å². The highest BCUT2D eigenvalue weighted by molar-refractivity contribution is 14.0. The Balaban J connectivity index is 0.00000240. The monoisotopic (exact) mass is 509 g/mol. The highest BCUT2D eigenvalue weighted by Gasteiger charge is 2.59. The molecule has 0 radical (unpaired) electrons. The van der Waals surface area contributed by atoms with Crippen molar-refractivity contribution in [3.8, 4) is 5.69 Å². The predicted octanol–water partition coefficient (Wildman–Crippen LogP) is 4.06. The van der Waals surface area contributed by atoms with Gasteiger partial charge in [-0.3, -0.25) is 4.99 Å². The van der Waals surface area contributed by atoms with Gasteiger partial charge in [-0.2, -0.15) is 5.10 Å². The number of halogens is 1. The van der Waals surface area contributed by atoms with Crippen molar-refractivity contribution in [1.82, 2.24) is 20.4 Å². The minimum atomic E-state index is 0. The van der Waals surface area contributed by atoms with Crippen molar-refractivity contribution in [3.63, 3.8) is 0 Å². The third kappa shape index (κ3) is 4.30. The second-order valence-corrected chi connectivity index (χ2v) is 7.95. The van der Waals surface area contributed by atoms with Crippen LogP contribution in [0.3, 0.4) is 0 Å². The zero-order valence-corrected chi connectivity index (χ0v) is 19.8. The molecule has 1 aromatic heterocycles. The van der Waals surface area contributed by atoms with E-state index in [1.54, 1.807) is 6.20 Å². The molecule has 3 unspecified atom stereocenters. The molecule has 1 aromatic carbocycles. The normalized spacial score (nSPS) is 23.5. The van der Waals surface area contributed by atoms with Crippen LogP contribution in [-0.2, 0) is 4.74 Å². The number of hydrogen-bond donors (Lipinski definition) is 2. The van der Waals surface area contributed by atoms with Crippen LogP contribution in [0.4, 0.5) is 0 Å². The quantitative estimate of drug-likeness (QED) is 0.350. The number of aromatic nitrogens is 2. The van der Waals surface area contributed by atoms with Crippen molar-refractivity contribution in [2.24, 2.45) is 10.4 Å². The summed E-state index contributed by atoms with van der Waals surface area (Å²) in [7, 11) is 1.84. The van der Waals surface area contributed by atoms with Gasteiger partial charge in [0.05, 0.1) is 17.8 Å². The highest BCUT2D eigenvalue weighted by atomic mass is 127. The predicted molar refractivity (Wildman–Crippen MR) is 127 cm³/mol. The number of benzene rings is 1. The van der Waals surface area contributed by atoms with E-state index >= 15 is 0 Å². The first-order valence-corrected chi connectivity index (χ1v) is 10.4. The van der Waals surface area contributed by atoms with E-state index in [0.717, 1.165) is 24.7 Å². The Labute approximate surface area is 190 Å². The third-order valence-electron chi connectivity index (χ3n) is 6.46. The van der Waals surface area contributed by atoms with E-state index in [-0.39, 0.29) is 30.0 Å². The van der Waals surface area contributed by atoms with Gasteiger partial charge in [0.15, 0.2) is 5.96 Å². The molecule has 2 N–H and O–H groups in total. The van der Waals surface area contributed by atoms with Crippen LogP contribution in [0.2, 0.25) is 0 Å². The molecule has 0 amide bonds. The Bertz CT molecular complexity index is 818. The molecule has 2 aliphatic carbocycles. The summed E-state index contributed by atoms with van der Waals surface area (Å²) in [6.45, 7) is 5.06. The molecular weight excluding hydrogens is 477 g/mol. The fourth-order valence-corrected chi connectivity index (χ4v) is 4.62. The second kappa shape index (κ2) is 9.47. The maximum absolute atomic E-state index is 5.97. The van der Waals surface area contributed by atoms with Crippen LogP contribution in [0.5, 0.6) is 0 Å². The van der Waals surface area contributed by atoms with E-state index in [1.807, 2.05) is 24.0 Å². The van der Waals surface area contributed by atoms with Gasteiger partial charge in [-0.15, -0.1) is 24.0 Å². The van der Waals surface area contributed by atoms with Crippen LogP contribution in [0.1, 0.15) is 51.1 Å². The molecule has 2 aromatic rings. The lowest BCUT2D eigenvalue weighted by Crippen LogP contribution is -2.68. The van der Waals surface area contributed by atoms with Crippen LogP contribution < -0.4 is 10.6 Å². The second-order valence-electron chi connectivity index (χ2n) is 7.95. The zero-order valence-electron chi connectivity index (χ0n) is 17.5. The molecule has 2 saturated carbocycles. The first-order valence-electron chi connectivity index (χ1n) is 10.4. The summed E-state index contributed by atoms with van der Waals surface area (Å²) in [5, 5.41) is 11.5. The summed E-state index contributed by atoms with van der Waals surface area (Å²) < 4.78 is 7.85. The van der Waals surface area contributed by atoms with Gasteiger partial charge in [0, 0.05) is 37.5 Å². The number of rotatable bonds is 6. The van der Waals surface area contributed by atoms with Crippen molar-refractivity contribution in [1.29, 1.82) is 0 Å². The largest absolute Gasteiger partial charge is 0.378 e. The summed E-state index contributed by atoms with van der Waals surface area (Å²) in [6.07, 6.45) is 9.06. The van der Waals surface area contributed by atoms with Crippen molar-refractivity contribution in [2.75, 3.05) is 13.7 Å². The topological polar surface area (TPSA) is 63.5 Å². The molecule has 1 heterocycles. The summed E-state index contributed by atoms with van der Waals surface area (Å²) in [5.74, 6) is 0.864. The number of nitrogens with zero attached hydrogens (tertiary/aromatic N) is 3. The Morgan fingerprint density at radius 2 is 2.21 bits per heavy atom. The molecule has 2 aliphatic rings. The van der Waals surface area contributed by atoms with E-state index in [2.05, 4.69) is 58.8 Å². The molecular formula is C22H32IN5O. The SMILES string of the molecule is CCOC1CC(NC(=NC)NC(C)c2cccc(-n3cccn3)c2)C12CCC2.I. The summed E-state index contributed by atoms with van der Waals surface area (Å²) in [4.78, 5) is 4.48. The van der Waals surface area contributed by atoms with Gasteiger partial charge in [0.2, 0.25) is 0 Å². The fraction of sp³-hybridized carbons (Fsp3) is 0.545. The zero-order chi connectivity index (χ0) is 19.6. The van der Waals surface area contributed by atoms with Crippen molar-refractivity contribution in [2.45, 2.75) is 57.7 Å². The summed E-state index contributed by atoms with van der Waals surface area (Å²) in [5.41, 5.74) is 2.58. The summed E-state index contributed by atoms with van der Waals surface area (Å²) >= 11 is 0. The maximum atomic E-state index is 5.97. The van der Waals surface area contributed by atoms with Crippen molar-refractivity contribution >= 4 is 29.9 Å². The Morgan fingerprint density at radius 3 is 2.83 bits per heavy atom. The molecule has 158 valence electrons. The lowest BCUT2D eigenvalue weighted by molar-refractivity contribution is -0.168. The smallest absolute Gasteiger partial charge is 0.191 e. The first-order chi connectivity index (χ1) is 13.7. The first kappa shape index (κ1) is 22.1. The van der Waals surface area contributed by atoms with Gasteiger partial charge in [-0.1, -0.05) is 18.6 Å². The Hall–Kier alpha value is -1.61. The third-order valence-corrected chi connectivity index (χ3v) is 6.46. The maximum Gasteiger partial charge on any atom is 0.191 e. The Morgan fingerprint density at radius 1 is 1.38 bits per heavy atom. The lowest BCUT2D eigenvalue weighted by Gasteiger charge is -2.61. The van der Waals surface area contributed by atoms with Crippen LogP contribution in [-0.4, -0.2) is 41.5 Å². The lowest BCUT2D eigenvalue weighted by atomic mass is 9.51. The van der Waals surface area contributed by atoms with E-state index in [9.17, 15) is 0 Å². The van der Waals surface area contributed by atoms with E-state index < -0.39 is 0 Å². The molecule has 3 atom stereocenters. The van der Waals surface area contributed by atoms with Gasteiger partial charge >= 0.3 is 0 Å². The van der Waals surface area contributed by atoms with Gasteiger partial charge in [0.1, 0.15) is 0 Å². The van der Waals surface area contributed by atoms with Gasteiger partial charge < -0.3 is 15.4 Å². The average molecular weight is 509 g/mol. The van der Waals surface area contributed by atoms with Gasteiger partial charge in [0.25, 0.3) is 0 Å². The minimum absolute atomic E-state index is 0. The van der Waals surface area contributed by atoms with Gasteiger partial charge in [-0.05, 0) is 56.9 Å². The molecule has 0 bridgehead atoms. The van der Waals surface area contributed by atoms with Crippen molar-refractivity contribution in [3.05, 3.63) is 48.3 Å². The van der Waals surface area contributed by atoms with Crippen LogP contribution in [0, 0.1) is 5.41 Å². The number of nitrogens with one attached hydrogen (secondary N) is 2. The van der Waals surface area contributed by atoms with E-state index in [1.165, 1.54) is 24.8 Å². The molecule has 0 aliphatic heterocycles. The number of ether oxygens (including phenoxy) is 1.